The zero-order valence-electron chi connectivity index (χ0n) is 13.5. The SMILES string of the molecule is CCOC(=O)NC(=O)Cn1nnc(-c2ccc(OC)c(OC)c2)n1. The molecule has 1 heterocycles. The van der Waals surface area contributed by atoms with Gasteiger partial charge in [0.1, 0.15) is 6.54 Å². The predicted octanol–water partition coefficient (Wildman–Crippen LogP) is 0.630. The molecular weight excluding hydrogens is 318 g/mol. The minimum atomic E-state index is -0.817. The summed E-state index contributed by atoms with van der Waals surface area (Å²) in [5.74, 6) is 0.790. The van der Waals surface area contributed by atoms with Crippen LogP contribution in [0.15, 0.2) is 18.2 Å². The number of alkyl carbamates (subject to hydrolysis) is 1. The molecule has 0 saturated heterocycles. The lowest BCUT2D eigenvalue weighted by Crippen LogP contribution is -2.34. The molecular formula is C14H17N5O5. The average molecular weight is 335 g/mol. The maximum atomic E-state index is 11.7. The topological polar surface area (TPSA) is 117 Å². The monoisotopic (exact) mass is 335 g/mol. The van der Waals surface area contributed by atoms with E-state index in [1.54, 1.807) is 25.1 Å². The van der Waals surface area contributed by atoms with Crippen LogP contribution in [0.5, 0.6) is 11.5 Å². The van der Waals surface area contributed by atoms with Crippen molar-refractivity contribution < 1.29 is 23.8 Å². The van der Waals surface area contributed by atoms with E-state index in [2.05, 4.69) is 20.1 Å². The molecule has 0 radical (unpaired) electrons. The van der Waals surface area contributed by atoms with Crippen LogP contribution in [0.25, 0.3) is 11.4 Å². The lowest BCUT2D eigenvalue weighted by Gasteiger charge is -2.07. The van der Waals surface area contributed by atoms with Crippen molar-refractivity contribution in [3.05, 3.63) is 18.2 Å². The summed E-state index contributed by atoms with van der Waals surface area (Å²) in [6.07, 6.45) is -0.817. The number of methoxy groups -OCH3 is 2. The average Bonchev–Trinajstić information content (AvgIpc) is 3.02. The summed E-state index contributed by atoms with van der Waals surface area (Å²) in [4.78, 5) is 23.9. The predicted molar refractivity (Wildman–Crippen MR) is 81.5 cm³/mol. The first-order valence-electron chi connectivity index (χ1n) is 7.04. The second-order valence-corrected chi connectivity index (χ2v) is 4.48. The zero-order valence-corrected chi connectivity index (χ0v) is 13.5. The number of imide groups is 1. The van der Waals surface area contributed by atoms with Gasteiger partial charge in [-0.25, -0.2) is 4.79 Å². The number of amides is 2. The molecule has 0 bridgehead atoms. The quantitative estimate of drug-likeness (QED) is 0.817. The van der Waals surface area contributed by atoms with E-state index in [1.165, 1.54) is 14.2 Å². The highest BCUT2D eigenvalue weighted by atomic mass is 16.5. The largest absolute Gasteiger partial charge is 0.493 e. The van der Waals surface area contributed by atoms with E-state index in [-0.39, 0.29) is 13.2 Å². The van der Waals surface area contributed by atoms with Crippen LogP contribution in [0.3, 0.4) is 0 Å². The van der Waals surface area contributed by atoms with Gasteiger partial charge in [0.25, 0.3) is 5.91 Å². The van der Waals surface area contributed by atoms with Crippen LogP contribution in [0.2, 0.25) is 0 Å². The zero-order chi connectivity index (χ0) is 17.5. The van der Waals surface area contributed by atoms with E-state index in [0.717, 1.165) is 4.80 Å². The molecule has 1 N–H and O–H groups in total. The molecule has 0 atom stereocenters. The van der Waals surface area contributed by atoms with Gasteiger partial charge in [-0.3, -0.25) is 10.1 Å². The van der Waals surface area contributed by atoms with Gasteiger partial charge in [-0.15, -0.1) is 10.2 Å². The Kier molecular flexibility index (Phi) is 5.66. The van der Waals surface area contributed by atoms with Crippen LogP contribution >= 0.6 is 0 Å². The van der Waals surface area contributed by atoms with Gasteiger partial charge in [0, 0.05) is 5.56 Å². The van der Waals surface area contributed by atoms with Gasteiger partial charge in [0.05, 0.1) is 20.8 Å². The summed E-state index contributed by atoms with van der Waals surface area (Å²) in [5, 5.41) is 13.8. The van der Waals surface area contributed by atoms with Gasteiger partial charge >= 0.3 is 6.09 Å². The van der Waals surface area contributed by atoms with Crippen molar-refractivity contribution in [1.29, 1.82) is 0 Å². The number of nitrogens with one attached hydrogen (secondary N) is 1. The van der Waals surface area contributed by atoms with Crippen LogP contribution in [-0.4, -0.2) is 53.0 Å². The summed E-state index contributed by atoms with van der Waals surface area (Å²) in [6.45, 7) is 1.54. The van der Waals surface area contributed by atoms with Gasteiger partial charge in [-0.1, -0.05) is 0 Å². The molecule has 0 aliphatic heterocycles. The number of carbonyl (C=O) groups excluding carboxylic acids is 2. The summed E-state index contributed by atoms with van der Waals surface area (Å²) in [7, 11) is 3.06. The second-order valence-electron chi connectivity index (χ2n) is 4.48. The fraction of sp³-hybridized carbons (Fsp3) is 0.357. The Morgan fingerprint density at radius 3 is 2.62 bits per heavy atom. The van der Waals surface area contributed by atoms with E-state index in [9.17, 15) is 9.59 Å². The molecule has 10 heteroatoms. The summed E-state index contributed by atoms with van der Waals surface area (Å²) < 4.78 is 15.0. The number of nitrogens with zero attached hydrogens (tertiary/aromatic N) is 4. The third-order valence-corrected chi connectivity index (χ3v) is 2.90. The van der Waals surface area contributed by atoms with Crippen molar-refractivity contribution in [2.24, 2.45) is 0 Å². The number of aromatic nitrogens is 4. The molecule has 0 aliphatic rings. The Bertz CT molecular complexity index is 730. The summed E-state index contributed by atoms with van der Waals surface area (Å²) in [5.41, 5.74) is 0.643. The number of rotatable bonds is 6. The molecule has 128 valence electrons. The first-order valence-corrected chi connectivity index (χ1v) is 7.04. The number of ether oxygens (including phenoxy) is 3. The number of hydrogen-bond donors (Lipinski definition) is 1. The van der Waals surface area contributed by atoms with E-state index in [4.69, 9.17) is 9.47 Å². The Morgan fingerprint density at radius 2 is 1.96 bits per heavy atom. The third kappa shape index (κ3) is 4.18. The molecule has 2 rings (SSSR count). The maximum Gasteiger partial charge on any atom is 0.413 e. The van der Waals surface area contributed by atoms with E-state index in [1.807, 2.05) is 5.32 Å². The first kappa shape index (κ1) is 17.2. The van der Waals surface area contributed by atoms with Crippen molar-refractivity contribution >= 4 is 12.0 Å². The molecule has 1 aromatic heterocycles. The fourth-order valence-corrected chi connectivity index (χ4v) is 1.85. The fourth-order valence-electron chi connectivity index (χ4n) is 1.85. The maximum absolute atomic E-state index is 11.7. The Morgan fingerprint density at radius 1 is 1.21 bits per heavy atom. The van der Waals surface area contributed by atoms with Crippen LogP contribution in [0.4, 0.5) is 4.79 Å². The van der Waals surface area contributed by atoms with Crippen molar-refractivity contribution in [3.63, 3.8) is 0 Å². The molecule has 0 aliphatic carbocycles. The van der Waals surface area contributed by atoms with Crippen LogP contribution in [0, 0.1) is 0 Å². The Balaban J connectivity index is 2.08. The van der Waals surface area contributed by atoms with E-state index >= 15 is 0 Å². The minimum Gasteiger partial charge on any atom is -0.493 e. The van der Waals surface area contributed by atoms with Crippen LogP contribution in [-0.2, 0) is 16.1 Å². The van der Waals surface area contributed by atoms with Crippen molar-refractivity contribution in [2.45, 2.75) is 13.5 Å². The van der Waals surface area contributed by atoms with E-state index < -0.39 is 12.0 Å². The van der Waals surface area contributed by atoms with Crippen molar-refractivity contribution in [2.75, 3.05) is 20.8 Å². The highest BCUT2D eigenvalue weighted by molar-refractivity contribution is 5.91. The minimum absolute atomic E-state index is 0.171. The van der Waals surface area contributed by atoms with Gasteiger partial charge < -0.3 is 14.2 Å². The lowest BCUT2D eigenvalue weighted by atomic mass is 10.2. The van der Waals surface area contributed by atoms with Crippen LogP contribution in [0.1, 0.15) is 6.92 Å². The molecule has 2 aromatic rings. The molecule has 0 fully saturated rings. The number of tetrazole rings is 1. The summed E-state index contributed by atoms with van der Waals surface area (Å²) >= 11 is 0. The third-order valence-electron chi connectivity index (χ3n) is 2.90. The highest BCUT2D eigenvalue weighted by Crippen LogP contribution is 2.30. The number of hydrogen-bond acceptors (Lipinski definition) is 8. The molecule has 0 saturated carbocycles. The molecule has 24 heavy (non-hydrogen) atoms. The molecule has 1 aromatic carbocycles. The molecule has 10 nitrogen and oxygen atoms in total. The summed E-state index contributed by atoms with van der Waals surface area (Å²) in [6, 6.07) is 5.14. The Hall–Kier alpha value is -3.17. The van der Waals surface area contributed by atoms with Gasteiger partial charge in [0.15, 0.2) is 11.5 Å². The standard InChI is InChI=1S/C14H17N5O5/c1-4-24-14(21)15-12(20)8-19-17-13(16-18-19)9-5-6-10(22-2)11(7-9)23-3/h5-7H,4,8H2,1-3H3,(H,15,20,21). The second kappa shape index (κ2) is 7.90. The van der Waals surface area contributed by atoms with Crippen LogP contribution < -0.4 is 14.8 Å². The van der Waals surface area contributed by atoms with Crippen molar-refractivity contribution in [3.8, 4) is 22.9 Å². The van der Waals surface area contributed by atoms with Crippen molar-refractivity contribution in [1.82, 2.24) is 25.5 Å². The smallest absolute Gasteiger partial charge is 0.413 e. The number of carbonyl (C=O) groups is 2. The van der Waals surface area contributed by atoms with Gasteiger partial charge in [-0.2, -0.15) is 4.80 Å². The number of benzene rings is 1. The van der Waals surface area contributed by atoms with E-state index in [0.29, 0.717) is 22.9 Å². The molecule has 0 spiro atoms. The molecule has 2 amide bonds. The van der Waals surface area contributed by atoms with Gasteiger partial charge in [-0.05, 0) is 30.3 Å². The lowest BCUT2D eigenvalue weighted by molar-refractivity contribution is -0.121. The molecule has 0 unspecified atom stereocenters. The normalized spacial score (nSPS) is 10.1. The first-order chi connectivity index (χ1) is 11.6. The van der Waals surface area contributed by atoms with Gasteiger partial charge in [0.2, 0.25) is 5.82 Å². The highest BCUT2D eigenvalue weighted by Gasteiger charge is 2.14. The Labute approximate surface area is 137 Å².